The Morgan fingerprint density at radius 1 is 1.19 bits per heavy atom. The van der Waals surface area contributed by atoms with Gasteiger partial charge in [0, 0.05) is 17.8 Å². The van der Waals surface area contributed by atoms with Gasteiger partial charge in [-0.15, -0.1) is 0 Å². The van der Waals surface area contributed by atoms with Gasteiger partial charge in [0.25, 0.3) is 0 Å². The van der Waals surface area contributed by atoms with Crippen molar-refractivity contribution in [3.05, 3.63) is 47.3 Å². The molecule has 8 heteroatoms. The summed E-state index contributed by atoms with van der Waals surface area (Å²) in [6.45, 7) is 1.89. The summed E-state index contributed by atoms with van der Waals surface area (Å²) in [5.41, 5.74) is 4.35. The SMILES string of the molecule is COc1cc(-c2ccc3c(c2)[nH]c(=O)n3C2CCNCC2)cn2ncnc12. The number of piperidine rings is 1. The summed E-state index contributed by atoms with van der Waals surface area (Å²) in [6, 6.07) is 8.23. The van der Waals surface area contributed by atoms with Crippen LogP contribution in [0.15, 0.2) is 41.6 Å². The average molecular weight is 364 g/mol. The molecule has 138 valence electrons. The molecule has 0 spiro atoms. The van der Waals surface area contributed by atoms with Crippen LogP contribution >= 0.6 is 0 Å². The lowest BCUT2D eigenvalue weighted by molar-refractivity contribution is 0.368. The van der Waals surface area contributed by atoms with Crippen molar-refractivity contribution in [2.24, 2.45) is 0 Å². The summed E-state index contributed by atoms with van der Waals surface area (Å²) in [5.74, 6) is 0.658. The topological polar surface area (TPSA) is 89.2 Å². The third kappa shape index (κ3) is 2.60. The molecule has 0 saturated carbocycles. The van der Waals surface area contributed by atoms with Crippen molar-refractivity contribution in [1.29, 1.82) is 0 Å². The standard InChI is InChI=1S/C19H20N6O2/c1-27-17-9-13(10-24-18(17)21-11-22-24)12-2-3-16-15(8-12)23-19(26)25(16)14-4-6-20-7-5-14/h2-3,8-11,14,20H,4-7H2,1H3,(H,23,26). The number of nitrogens with one attached hydrogen (secondary N) is 2. The minimum atomic E-state index is -0.0432. The number of aromatic nitrogens is 5. The van der Waals surface area contributed by atoms with E-state index >= 15 is 0 Å². The number of hydrogen-bond donors (Lipinski definition) is 2. The second-order valence-corrected chi connectivity index (χ2v) is 6.84. The number of fused-ring (bicyclic) bond motifs is 2. The number of rotatable bonds is 3. The molecule has 0 bridgehead atoms. The molecule has 0 aliphatic carbocycles. The van der Waals surface area contributed by atoms with E-state index in [0.717, 1.165) is 48.1 Å². The van der Waals surface area contributed by atoms with Gasteiger partial charge < -0.3 is 15.0 Å². The highest BCUT2D eigenvalue weighted by Gasteiger charge is 2.20. The van der Waals surface area contributed by atoms with Gasteiger partial charge in [-0.1, -0.05) is 6.07 Å². The second kappa shape index (κ2) is 6.24. The first-order valence-corrected chi connectivity index (χ1v) is 9.07. The van der Waals surface area contributed by atoms with Crippen LogP contribution in [-0.4, -0.2) is 44.3 Å². The van der Waals surface area contributed by atoms with Crippen LogP contribution in [0.4, 0.5) is 0 Å². The predicted octanol–water partition coefficient (Wildman–Crippen LogP) is 1.97. The summed E-state index contributed by atoms with van der Waals surface area (Å²) in [7, 11) is 1.62. The van der Waals surface area contributed by atoms with Gasteiger partial charge in [0.15, 0.2) is 11.4 Å². The summed E-state index contributed by atoms with van der Waals surface area (Å²) >= 11 is 0. The number of benzene rings is 1. The highest BCUT2D eigenvalue weighted by molar-refractivity contribution is 5.83. The number of ether oxygens (including phenoxy) is 1. The number of aromatic amines is 1. The molecule has 4 aromatic rings. The summed E-state index contributed by atoms with van der Waals surface area (Å²) in [5, 5.41) is 7.56. The Kier molecular flexibility index (Phi) is 3.71. The Balaban J connectivity index is 1.62. The van der Waals surface area contributed by atoms with Crippen molar-refractivity contribution in [2.45, 2.75) is 18.9 Å². The van der Waals surface area contributed by atoms with Crippen molar-refractivity contribution in [3.63, 3.8) is 0 Å². The largest absolute Gasteiger partial charge is 0.493 e. The van der Waals surface area contributed by atoms with E-state index in [1.165, 1.54) is 6.33 Å². The fourth-order valence-electron chi connectivity index (χ4n) is 3.94. The van der Waals surface area contributed by atoms with Crippen LogP contribution in [0.25, 0.3) is 27.8 Å². The van der Waals surface area contributed by atoms with E-state index in [-0.39, 0.29) is 11.7 Å². The van der Waals surface area contributed by atoms with Gasteiger partial charge in [-0.3, -0.25) is 4.57 Å². The van der Waals surface area contributed by atoms with E-state index in [4.69, 9.17) is 4.74 Å². The highest BCUT2D eigenvalue weighted by atomic mass is 16.5. The molecule has 2 N–H and O–H groups in total. The minimum Gasteiger partial charge on any atom is -0.493 e. The molecular weight excluding hydrogens is 344 g/mol. The summed E-state index contributed by atoms with van der Waals surface area (Å²) in [4.78, 5) is 19.8. The molecule has 4 heterocycles. The van der Waals surface area contributed by atoms with Gasteiger partial charge in [0.1, 0.15) is 6.33 Å². The quantitative estimate of drug-likeness (QED) is 0.580. The zero-order chi connectivity index (χ0) is 18.4. The first-order chi connectivity index (χ1) is 13.2. The third-order valence-corrected chi connectivity index (χ3v) is 5.28. The van der Waals surface area contributed by atoms with Crippen LogP contribution in [0.2, 0.25) is 0 Å². The minimum absolute atomic E-state index is 0.0432. The normalized spacial score (nSPS) is 15.6. The van der Waals surface area contributed by atoms with Crippen molar-refractivity contribution in [1.82, 2.24) is 29.5 Å². The van der Waals surface area contributed by atoms with Gasteiger partial charge in [-0.05, 0) is 49.7 Å². The number of pyridine rings is 1. The Labute approximate surface area is 154 Å². The number of imidazole rings is 1. The van der Waals surface area contributed by atoms with Gasteiger partial charge in [0.05, 0.1) is 18.1 Å². The lowest BCUT2D eigenvalue weighted by atomic mass is 10.0. The van der Waals surface area contributed by atoms with Crippen LogP contribution in [0.1, 0.15) is 18.9 Å². The second-order valence-electron chi connectivity index (χ2n) is 6.84. The maximum atomic E-state index is 12.6. The number of hydrogen-bond acceptors (Lipinski definition) is 5. The van der Waals surface area contributed by atoms with Crippen molar-refractivity contribution < 1.29 is 4.74 Å². The maximum absolute atomic E-state index is 12.6. The predicted molar refractivity (Wildman–Crippen MR) is 102 cm³/mol. The van der Waals surface area contributed by atoms with Crippen LogP contribution in [0.3, 0.4) is 0 Å². The fourth-order valence-corrected chi connectivity index (χ4v) is 3.94. The van der Waals surface area contributed by atoms with Crippen LogP contribution < -0.4 is 15.7 Å². The molecule has 0 unspecified atom stereocenters. The average Bonchev–Trinajstić information content (AvgIpc) is 3.30. The molecule has 1 aliphatic rings. The van der Waals surface area contributed by atoms with E-state index in [9.17, 15) is 4.79 Å². The zero-order valence-electron chi connectivity index (χ0n) is 15.0. The monoisotopic (exact) mass is 364 g/mol. The maximum Gasteiger partial charge on any atom is 0.326 e. The molecule has 1 saturated heterocycles. The lowest BCUT2D eigenvalue weighted by Crippen LogP contribution is -2.33. The molecule has 3 aromatic heterocycles. The van der Waals surface area contributed by atoms with Crippen LogP contribution in [-0.2, 0) is 0 Å². The fraction of sp³-hybridized carbons (Fsp3) is 0.316. The molecule has 0 atom stereocenters. The molecule has 1 aromatic carbocycles. The Hall–Kier alpha value is -3.13. The van der Waals surface area contributed by atoms with Crippen molar-refractivity contribution in [2.75, 3.05) is 20.2 Å². The Morgan fingerprint density at radius 2 is 2.04 bits per heavy atom. The first kappa shape index (κ1) is 16.1. The molecule has 1 aliphatic heterocycles. The van der Waals surface area contributed by atoms with E-state index in [1.807, 2.05) is 35.0 Å². The highest BCUT2D eigenvalue weighted by Crippen LogP contribution is 2.29. The Bertz CT molecular complexity index is 1180. The van der Waals surface area contributed by atoms with Crippen molar-refractivity contribution in [3.8, 4) is 16.9 Å². The Morgan fingerprint density at radius 3 is 2.85 bits per heavy atom. The van der Waals surface area contributed by atoms with E-state index in [0.29, 0.717) is 11.4 Å². The van der Waals surface area contributed by atoms with E-state index < -0.39 is 0 Å². The molecule has 8 nitrogen and oxygen atoms in total. The smallest absolute Gasteiger partial charge is 0.326 e. The summed E-state index contributed by atoms with van der Waals surface area (Å²) < 4.78 is 9.05. The number of nitrogens with zero attached hydrogens (tertiary/aromatic N) is 4. The molecule has 0 radical (unpaired) electrons. The van der Waals surface area contributed by atoms with Crippen LogP contribution in [0, 0.1) is 0 Å². The molecule has 27 heavy (non-hydrogen) atoms. The molecule has 5 rings (SSSR count). The van der Waals surface area contributed by atoms with Gasteiger partial charge in [-0.25, -0.2) is 14.3 Å². The summed E-state index contributed by atoms with van der Waals surface area (Å²) in [6.07, 6.45) is 5.35. The zero-order valence-corrected chi connectivity index (χ0v) is 15.0. The number of H-pyrrole nitrogens is 1. The first-order valence-electron chi connectivity index (χ1n) is 9.07. The number of methoxy groups -OCH3 is 1. The van der Waals surface area contributed by atoms with Gasteiger partial charge in [-0.2, -0.15) is 5.10 Å². The lowest BCUT2D eigenvalue weighted by Gasteiger charge is -2.23. The van der Waals surface area contributed by atoms with Crippen LogP contribution in [0.5, 0.6) is 5.75 Å². The van der Waals surface area contributed by atoms with Gasteiger partial charge >= 0.3 is 5.69 Å². The molecular formula is C19H20N6O2. The van der Waals surface area contributed by atoms with E-state index in [1.54, 1.807) is 11.6 Å². The molecule has 0 amide bonds. The van der Waals surface area contributed by atoms with E-state index in [2.05, 4.69) is 20.4 Å². The van der Waals surface area contributed by atoms with Crippen molar-refractivity contribution >= 4 is 16.7 Å². The van der Waals surface area contributed by atoms with Gasteiger partial charge in [0.2, 0.25) is 0 Å². The molecule has 1 fully saturated rings. The third-order valence-electron chi connectivity index (χ3n) is 5.28.